The van der Waals surface area contributed by atoms with Gasteiger partial charge in [0, 0.05) is 44.5 Å². The summed E-state index contributed by atoms with van der Waals surface area (Å²) in [5.41, 5.74) is 3.20. The Labute approximate surface area is 185 Å². The van der Waals surface area contributed by atoms with Gasteiger partial charge in [0.2, 0.25) is 5.78 Å². The summed E-state index contributed by atoms with van der Waals surface area (Å²) in [6, 6.07) is 8.97. The van der Waals surface area contributed by atoms with Crippen molar-refractivity contribution in [1.29, 1.82) is 0 Å². The van der Waals surface area contributed by atoms with E-state index >= 15 is 0 Å². The number of carbonyl (C=O) groups is 2. The molecule has 30 heavy (non-hydrogen) atoms. The van der Waals surface area contributed by atoms with Crippen molar-refractivity contribution in [2.24, 2.45) is 0 Å². The van der Waals surface area contributed by atoms with Crippen LogP contribution in [0.4, 0.5) is 0 Å². The molecule has 3 heterocycles. The molecule has 4 rings (SSSR count). The van der Waals surface area contributed by atoms with Gasteiger partial charge in [-0.25, -0.2) is 14.8 Å². The number of nitrogens with zero attached hydrogens (tertiary/aromatic N) is 3. The number of aromatic nitrogens is 3. The number of hydrogen-bond acceptors (Lipinski definition) is 7. The average Bonchev–Trinajstić information content (AvgIpc) is 3.47. The van der Waals surface area contributed by atoms with E-state index in [0.29, 0.717) is 15.6 Å². The average molecular weight is 458 g/mol. The Balaban J connectivity index is 1.44. The number of esters is 1. The summed E-state index contributed by atoms with van der Waals surface area (Å²) in [4.78, 5) is 33.6. The highest BCUT2D eigenvalue weighted by atomic mass is 35.5. The van der Waals surface area contributed by atoms with Crippen LogP contribution >= 0.6 is 34.3 Å². The third-order valence-corrected chi connectivity index (χ3v) is 6.38. The Morgan fingerprint density at radius 2 is 1.93 bits per heavy atom. The lowest BCUT2D eigenvalue weighted by molar-refractivity contribution is 0.0469. The van der Waals surface area contributed by atoms with Crippen molar-refractivity contribution in [3.63, 3.8) is 0 Å². The molecule has 0 atom stereocenters. The predicted molar refractivity (Wildman–Crippen MR) is 118 cm³/mol. The van der Waals surface area contributed by atoms with E-state index in [2.05, 4.69) is 9.97 Å². The minimum absolute atomic E-state index is 0.172. The summed E-state index contributed by atoms with van der Waals surface area (Å²) in [6.07, 6.45) is 1.72. The fraction of sp³-hybridized carbons (Fsp3) is 0.143. The Bertz CT molecular complexity index is 1210. The molecule has 0 spiro atoms. The van der Waals surface area contributed by atoms with E-state index in [1.807, 2.05) is 35.9 Å². The second-order valence-electron chi connectivity index (χ2n) is 6.48. The monoisotopic (exact) mass is 457 g/mol. The van der Waals surface area contributed by atoms with Gasteiger partial charge in [-0.1, -0.05) is 23.7 Å². The molecule has 0 bridgehead atoms. The second kappa shape index (κ2) is 8.51. The smallest absolute Gasteiger partial charge is 0.358 e. The van der Waals surface area contributed by atoms with Gasteiger partial charge in [0.1, 0.15) is 5.01 Å². The first-order chi connectivity index (χ1) is 14.4. The van der Waals surface area contributed by atoms with Gasteiger partial charge in [0.05, 0.1) is 0 Å². The lowest BCUT2D eigenvalue weighted by atomic mass is 10.1. The highest BCUT2D eigenvalue weighted by Crippen LogP contribution is 2.26. The van der Waals surface area contributed by atoms with Crippen LogP contribution in [-0.2, 0) is 4.74 Å². The second-order valence-corrected chi connectivity index (χ2v) is 8.65. The van der Waals surface area contributed by atoms with E-state index in [1.165, 1.54) is 22.7 Å². The molecule has 0 saturated carbocycles. The molecule has 152 valence electrons. The maximum atomic E-state index is 12.7. The lowest BCUT2D eigenvalue weighted by Crippen LogP contribution is -2.15. The van der Waals surface area contributed by atoms with Gasteiger partial charge in [-0.2, -0.15) is 0 Å². The Morgan fingerprint density at radius 1 is 1.17 bits per heavy atom. The fourth-order valence-corrected chi connectivity index (χ4v) is 4.71. The van der Waals surface area contributed by atoms with Crippen molar-refractivity contribution in [1.82, 2.24) is 14.5 Å². The summed E-state index contributed by atoms with van der Waals surface area (Å²) in [5.74, 6) is -0.902. The van der Waals surface area contributed by atoms with Gasteiger partial charge < -0.3 is 4.74 Å². The summed E-state index contributed by atoms with van der Waals surface area (Å²) in [6.45, 7) is 3.40. The molecule has 3 aromatic heterocycles. The molecule has 0 unspecified atom stereocenters. The number of ether oxygens (including phenoxy) is 1. The number of thiazole rings is 2. The minimum Gasteiger partial charge on any atom is -0.453 e. The minimum atomic E-state index is -0.631. The number of benzene rings is 1. The van der Waals surface area contributed by atoms with E-state index in [0.717, 1.165) is 22.1 Å². The fourth-order valence-electron chi connectivity index (χ4n) is 3.04. The van der Waals surface area contributed by atoms with Gasteiger partial charge >= 0.3 is 5.97 Å². The number of ketones is 1. The Kier molecular flexibility index (Phi) is 5.80. The maximum Gasteiger partial charge on any atom is 0.358 e. The first-order valence-electron chi connectivity index (χ1n) is 8.94. The summed E-state index contributed by atoms with van der Waals surface area (Å²) in [5, 5.41) is 5.59. The van der Waals surface area contributed by atoms with Gasteiger partial charge in [-0.3, -0.25) is 9.36 Å². The highest BCUT2D eigenvalue weighted by molar-refractivity contribution is 7.13. The van der Waals surface area contributed by atoms with Crippen molar-refractivity contribution in [2.75, 3.05) is 6.61 Å². The zero-order chi connectivity index (χ0) is 21.3. The first-order valence-corrected chi connectivity index (χ1v) is 11.1. The van der Waals surface area contributed by atoms with Crippen molar-refractivity contribution in [3.05, 3.63) is 75.0 Å². The molecule has 9 heteroatoms. The van der Waals surface area contributed by atoms with Crippen molar-refractivity contribution in [2.45, 2.75) is 13.8 Å². The van der Waals surface area contributed by atoms with E-state index < -0.39 is 5.97 Å². The molecule has 6 nitrogen and oxygen atoms in total. The van der Waals surface area contributed by atoms with Crippen LogP contribution in [0.5, 0.6) is 0 Å². The molecule has 0 radical (unpaired) electrons. The number of aryl methyl sites for hydroxylation is 1. The lowest BCUT2D eigenvalue weighted by Gasteiger charge is -2.06. The van der Waals surface area contributed by atoms with Gasteiger partial charge in [-0.15, -0.1) is 22.7 Å². The number of hydrogen-bond donors (Lipinski definition) is 0. The quantitative estimate of drug-likeness (QED) is 0.287. The topological polar surface area (TPSA) is 74.1 Å². The molecule has 0 aliphatic carbocycles. The molecule has 0 aliphatic heterocycles. The molecule has 0 amide bonds. The van der Waals surface area contributed by atoms with Crippen molar-refractivity contribution in [3.8, 4) is 15.7 Å². The zero-order valence-corrected chi connectivity index (χ0v) is 18.5. The summed E-state index contributed by atoms with van der Waals surface area (Å²) >= 11 is 8.71. The van der Waals surface area contributed by atoms with Crippen LogP contribution in [-0.4, -0.2) is 32.9 Å². The molecule has 0 aliphatic rings. The summed E-state index contributed by atoms with van der Waals surface area (Å²) in [7, 11) is 0. The third-order valence-electron chi connectivity index (χ3n) is 4.48. The Hall–Kier alpha value is -2.81. The molecule has 4 aromatic rings. The van der Waals surface area contributed by atoms with E-state index in [1.54, 1.807) is 29.8 Å². The molecular weight excluding hydrogens is 442 g/mol. The van der Waals surface area contributed by atoms with E-state index in [4.69, 9.17) is 16.3 Å². The molecule has 0 fully saturated rings. The number of carbonyl (C=O) groups excluding carboxylic acids is 2. The van der Waals surface area contributed by atoms with Gasteiger partial charge in [0.25, 0.3) is 0 Å². The van der Waals surface area contributed by atoms with Crippen LogP contribution in [0.3, 0.4) is 0 Å². The van der Waals surface area contributed by atoms with Gasteiger partial charge in [-0.05, 0) is 32.0 Å². The zero-order valence-electron chi connectivity index (χ0n) is 16.1. The van der Waals surface area contributed by atoms with Crippen LogP contribution in [0.2, 0.25) is 5.02 Å². The van der Waals surface area contributed by atoms with Crippen molar-refractivity contribution < 1.29 is 14.3 Å². The maximum absolute atomic E-state index is 12.7. The molecular formula is C21H16ClN3O3S2. The predicted octanol–water partition coefficient (Wildman–Crippen LogP) is 5.37. The van der Waals surface area contributed by atoms with Crippen LogP contribution in [0.15, 0.2) is 47.3 Å². The molecule has 0 N–H and O–H groups in total. The van der Waals surface area contributed by atoms with Crippen LogP contribution in [0.25, 0.3) is 15.7 Å². The molecule has 0 saturated heterocycles. The van der Waals surface area contributed by atoms with Crippen molar-refractivity contribution >= 4 is 46.0 Å². The largest absolute Gasteiger partial charge is 0.453 e. The highest BCUT2D eigenvalue weighted by Gasteiger charge is 2.20. The number of halogens is 1. The van der Waals surface area contributed by atoms with Gasteiger partial charge in [0.15, 0.2) is 17.4 Å². The third kappa shape index (κ3) is 4.07. The SMILES string of the molecule is Cc1cc(C(=O)COC(=O)c2csc(-c3ccc(Cl)cc3)n2)c(C)n1-c1nccs1. The van der Waals surface area contributed by atoms with E-state index in [9.17, 15) is 9.59 Å². The normalized spacial score (nSPS) is 10.9. The number of Topliss-reactive ketones (excluding diaryl/α,β-unsaturated/α-hetero) is 1. The standard InChI is InChI=1S/C21H16ClN3O3S2/c1-12-9-16(13(2)25(12)21-23-7-8-29-21)18(26)10-28-20(27)17-11-30-19(24-17)14-3-5-15(22)6-4-14/h3-9,11H,10H2,1-2H3. The summed E-state index contributed by atoms with van der Waals surface area (Å²) < 4.78 is 7.13. The van der Waals surface area contributed by atoms with Crippen LogP contribution < -0.4 is 0 Å². The molecule has 1 aromatic carbocycles. The first kappa shape index (κ1) is 20.5. The number of rotatable bonds is 6. The van der Waals surface area contributed by atoms with Crippen LogP contribution in [0.1, 0.15) is 32.2 Å². The Morgan fingerprint density at radius 3 is 2.63 bits per heavy atom. The van der Waals surface area contributed by atoms with E-state index in [-0.39, 0.29) is 18.1 Å². The van der Waals surface area contributed by atoms with Crippen LogP contribution in [0, 0.1) is 13.8 Å².